The van der Waals surface area contributed by atoms with Gasteiger partial charge in [-0.3, -0.25) is 0 Å². The van der Waals surface area contributed by atoms with Gasteiger partial charge in [-0.15, -0.1) is 0 Å². The van der Waals surface area contributed by atoms with Crippen LogP contribution in [0.15, 0.2) is 6.07 Å². The summed E-state index contributed by atoms with van der Waals surface area (Å²) in [6, 6.07) is 1.90. The second-order valence-corrected chi connectivity index (χ2v) is 4.41. The Kier molecular flexibility index (Phi) is 3.32. The molecule has 0 fully saturated rings. The number of hydrogen-bond acceptors (Lipinski definition) is 0. The minimum atomic E-state index is 0.442. The Bertz CT molecular complexity index is 270. The Labute approximate surface area is 94.0 Å². The molecule has 4 heteroatoms. The number of rotatable bonds is 0. The predicted molar refractivity (Wildman–Crippen MR) is 58.9 cm³/mol. The highest BCUT2D eigenvalue weighted by atomic mass is 127. The van der Waals surface area contributed by atoms with E-state index in [1.54, 1.807) is 0 Å². The van der Waals surface area contributed by atoms with Crippen LogP contribution in [0.2, 0.25) is 15.1 Å². The van der Waals surface area contributed by atoms with Gasteiger partial charge in [0, 0.05) is 3.57 Å². The maximum absolute atomic E-state index is 5.84. The van der Waals surface area contributed by atoms with E-state index in [0.29, 0.717) is 15.1 Å². The number of halogens is 4. The molecule has 0 nitrogen and oxygen atoms in total. The first-order valence-corrected chi connectivity index (χ1v) is 5.05. The van der Waals surface area contributed by atoms with E-state index in [0.717, 1.165) is 9.13 Å². The Hall–Kier alpha value is 0.820. The molecule has 1 aromatic rings. The molecule has 0 radical (unpaired) electrons. The van der Waals surface area contributed by atoms with Gasteiger partial charge in [0.25, 0.3) is 0 Å². The number of benzene rings is 1. The minimum absolute atomic E-state index is 0.442. The lowest BCUT2D eigenvalue weighted by Crippen LogP contribution is -1.82. The Morgan fingerprint density at radius 1 is 1.09 bits per heavy atom. The lowest BCUT2D eigenvalue weighted by molar-refractivity contribution is 1.45. The summed E-state index contributed by atoms with van der Waals surface area (Å²) in [5.74, 6) is 0. The van der Waals surface area contributed by atoms with E-state index in [1.165, 1.54) is 0 Å². The maximum Gasteiger partial charge on any atom is 0.0792 e. The molecule has 1 aromatic carbocycles. The third kappa shape index (κ3) is 1.94. The molecule has 0 saturated heterocycles. The van der Waals surface area contributed by atoms with Crippen molar-refractivity contribution in [3.8, 4) is 0 Å². The molecule has 0 spiro atoms. The monoisotopic (exact) mass is 320 g/mol. The van der Waals surface area contributed by atoms with Crippen molar-refractivity contribution in [2.24, 2.45) is 0 Å². The van der Waals surface area contributed by atoms with Crippen molar-refractivity contribution in [1.82, 2.24) is 0 Å². The highest BCUT2D eigenvalue weighted by molar-refractivity contribution is 14.1. The summed E-state index contributed by atoms with van der Waals surface area (Å²) in [5.41, 5.74) is 0.950. The fraction of sp³-hybridized carbons (Fsp3) is 0.143. The fourth-order valence-electron chi connectivity index (χ4n) is 0.691. The summed E-state index contributed by atoms with van der Waals surface area (Å²) >= 11 is 19.6. The summed E-state index contributed by atoms with van der Waals surface area (Å²) in [5, 5.41) is 1.51. The summed E-state index contributed by atoms with van der Waals surface area (Å²) in [7, 11) is 0. The van der Waals surface area contributed by atoms with Crippen LogP contribution in [-0.2, 0) is 0 Å². The minimum Gasteiger partial charge on any atom is -0.0824 e. The number of hydrogen-bond donors (Lipinski definition) is 0. The lowest BCUT2D eigenvalue weighted by atomic mass is 10.2. The molecule has 0 atom stereocenters. The first-order valence-electron chi connectivity index (χ1n) is 2.83. The van der Waals surface area contributed by atoms with Gasteiger partial charge in [-0.2, -0.15) is 0 Å². The van der Waals surface area contributed by atoms with Crippen molar-refractivity contribution in [2.75, 3.05) is 0 Å². The molecule has 1 rings (SSSR count). The molecule has 0 aliphatic rings. The van der Waals surface area contributed by atoms with E-state index in [4.69, 9.17) is 34.8 Å². The van der Waals surface area contributed by atoms with Crippen molar-refractivity contribution in [3.05, 3.63) is 30.3 Å². The highest BCUT2D eigenvalue weighted by Gasteiger charge is 2.09. The lowest BCUT2D eigenvalue weighted by Gasteiger charge is -2.04. The third-order valence-electron chi connectivity index (χ3n) is 1.28. The SMILES string of the molecule is Cc1cc(I)c(Cl)c(Cl)c1Cl. The largest absolute Gasteiger partial charge is 0.0824 e. The molecule has 60 valence electrons. The molecule has 0 bridgehead atoms. The second kappa shape index (κ2) is 3.69. The molecular formula is C7H4Cl3I. The summed E-state index contributed by atoms with van der Waals surface area (Å²) < 4.78 is 0.927. The molecule has 0 aliphatic carbocycles. The first kappa shape index (κ1) is 9.90. The summed E-state index contributed by atoms with van der Waals surface area (Å²) in [4.78, 5) is 0. The quantitative estimate of drug-likeness (QED) is 0.373. The van der Waals surface area contributed by atoms with Gasteiger partial charge in [0.05, 0.1) is 15.1 Å². The molecule has 0 N–H and O–H groups in total. The molecule has 11 heavy (non-hydrogen) atoms. The van der Waals surface area contributed by atoms with E-state index in [-0.39, 0.29) is 0 Å². The van der Waals surface area contributed by atoms with Gasteiger partial charge in [-0.25, -0.2) is 0 Å². The van der Waals surface area contributed by atoms with Crippen LogP contribution >= 0.6 is 57.4 Å². The van der Waals surface area contributed by atoms with Gasteiger partial charge in [0.1, 0.15) is 0 Å². The van der Waals surface area contributed by atoms with E-state index >= 15 is 0 Å². The molecule has 0 saturated carbocycles. The Morgan fingerprint density at radius 2 is 1.64 bits per heavy atom. The van der Waals surface area contributed by atoms with Crippen LogP contribution in [0, 0.1) is 10.5 Å². The Balaban J connectivity index is 3.46. The predicted octanol–water partition coefficient (Wildman–Crippen LogP) is 4.56. The van der Waals surface area contributed by atoms with Crippen molar-refractivity contribution in [3.63, 3.8) is 0 Å². The molecule has 0 amide bonds. The van der Waals surface area contributed by atoms with Gasteiger partial charge in [-0.1, -0.05) is 34.8 Å². The van der Waals surface area contributed by atoms with Gasteiger partial charge in [0.15, 0.2) is 0 Å². The zero-order chi connectivity index (χ0) is 8.59. The van der Waals surface area contributed by atoms with E-state index in [1.807, 2.05) is 13.0 Å². The molecule has 0 aliphatic heterocycles. The van der Waals surface area contributed by atoms with E-state index in [9.17, 15) is 0 Å². The second-order valence-electron chi connectivity index (χ2n) is 2.12. The molecule has 0 unspecified atom stereocenters. The van der Waals surface area contributed by atoms with E-state index in [2.05, 4.69) is 22.6 Å². The van der Waals surface area contributed by atoms with Crippen LogP contribution in [0.25, 0.3) is 0 Å². The van der Waals surface area contributed by atoms with Gasteiger partial charge < -0.3 is 0 Å². The average Bonchev–Trinajstić information content (AvgIpc) is 1.97. The van der Waals surface area contributed by atoms with Gasteiger partial charge >= 0.3 is 0 Å². The summed E-state index contributed by atoms with van der Waals surface area (Å²) in [6.45, 7) is 1.90. The van der Waals surface area contributed by atoms with Crippen LogP contribution in [0.3, 0.4) is 0 Å². The van der Waals surface area contributed by atoms with Crippen molar-refractivity contribution >= 4 is 57.4 Å². The maximum atomic E-state index is 5.84. The molecule has 0 heterocycles. The smallest absolute Gasteiger partial charge is 0.0792 e. The fourth-order valence-corrected chi connectivity index (χ4v) is 2.18. The molecular weight excluding hydrogens is 317 g/mol. The van der Waals surface area contributed by atoms with Crippen LogP contribution in [0.4, 0.5) is 0 Å². The number of aryl methyl sites for hydroxylation is 1. The average molecular weight is 321 g/mol. The Morgan fingerprint density at radius 3 is 2.18 bits per heavy atom. The van der Waals surface area contributed by atoms with Gasteiger partial charge in [-0.05, 0) is 41.1 Å². The molecule has 0 aromatic heterocycles. The third-order valence-corrected chi connectivity index (χ3v) is 3.91. The van der Waals surface area contributed by atoms with Gasteiger partial charge in [0.2, 0.25) is 0 Å². The topological polar surface area (TPSA) is 0 Å². The highest BCUT2D eigenvalue weighted by Crippen LogP contribution is 2.35. The zero-order valence-electron chi connectivity index (χ0n) is 5.59. The van der Waals surface area contributed by atoms with Crippen molar-refractivity contribution in [2.45, 2.75) is 6.92 Å². The van der Waals surface area contributed by atoms with Crippen LogP contribution in [0.1, 0.15) is 5.56 Å². The standard InChI is InChI=1S/C7H4Cl3I/c1-3-2-4(11)6(9)7(10)5(3)8/h2H,1H3. The van der Waals surface area contributed by atoms with Crippen molar-refractivity contribution in [1.29, 1.82) is 0 Å². The normalized spacial score (nSPS) is 10.3. The van der Waals surface area contributed by atoms with Crippen LogP contribution < -0.4 is 0 Å². The van der Waals surface area contributed by atoms with E-state index < -0.39 is 0 Å². The van der Waals surface area contributed by atoms with Crippen LogP contribution in [-0.4, -0.2) is 0 Å². The first-order chi connectivity index (χ1) is 5.04. The summed E-state index contributed by atoms with van der Waals surface area (Å²) in [6.07, 6.45) is 0. The zero-order valence-corrected chi connectivity index (χ0v) is 10.0. The van der Waals surface area contributed by atoms with Crippen LogP contribution in [0.5, 0.6) is 0 Å². The van der Waals surface area contributed by atoms with Crippen molar-refractivity contribution < 1.29 is 0 Å².